The van der Waals surface area contributed by atoms with Gasteiger partial charge in [-0.1, -0.05) is 34.1 Å². The topological polar surface area (TPSA) is 72.3 Å². The number of hydrogen-bond donors (Lipinski definition) is 1. The molecule has 0 aliphatic heterocycles. The van der Waals surface area contributed by atoms with Gasteiger partial charge in [0.25, 0.3) is 0 Å². The Morgan fingerprint density at radius 2 is 2.11 bits per heavy atom. The van der Waals surface area contributed by atoms with Gasteiger partial charge in [0.2, 0.25) is 0 Å². The summed E-state index contributed by atoms with van der Waals surface area (Å²) in [5, 5.41) is 9.17. The lowest BCUT2D eigenvalue weighted by atomic mass is 10.1. The van der Waals surface area contributed by atoms with Crippen LogP contribution in [-0.4, -0.2) is 27.7 Å². The van der Waals surface area contributed by atoms with E-state index in [1.165, 1.54) is 6.20 Å². The van der Waals surface area contributed by atoms with Crippen LogP contribution in [0.4, 0.5) is 0 Å². The molecular formula is C14H22N2O3. The molecule has 5 heteroatoms. The smallest absolute Gasteiger partial charge is 0.358 e. The molecule has 0 aromatic carbocycles. The van der Waals surface area contributed by atoms with Crippen molar-refractivity contribution in [2.45, 2.75) is 46.5 Å². The van der Waals surface area contributed by atoms with Gasteiger partial charge in [-0.3, -0.25) is 0 Å². The van der Waals surface area contributed by atoms with Crippen LogP contribution in [0.25, 0.3) is 0 Å². The Kier molecular flexibility index (Phi) is 5.73. The van der Waals surface area contributed by atoms with Crippen molar-refractivity contribution in [1.29, 1.82) is 0 Å². The van der Waals surface area contributed by atoms with Gasteiger partial charge in [-0.2, -0.15) is 0 Å². The largest absolute Gasteiger partial charge is 0.489 e. The van der Waals surface area contributed by atoms with Crippen molar-refractivity contribution in [1.82, 2.24) is 9.97 Å². The van der Waals surface area contributed by atoms with Crippen LogP contribution in [0.3, 0.4) is 0 Å². The molecule has 0 spiro atoms. The first-order valence-corrected chi connectivity index (χ1v) is 6.68. The van der Waals surface area contributed by atoms with E-state index in [2.05, 4.69) is 23.8 Å². The molecule has 0 aliphatic rings. The highest BCUT2D eigenvalue weighted by molar-refractivity contribution is 5.88. The molecule has 1 unspecified atom stereocenters. The molecule has 0 amide bonds. The van der Waals surface area contributed by atoms with Crippen LogP contribution < -0.4 is 4.74 Å². The Morgan fingerprint density at radius 3 is 2.63 bits per heavy atom. The minimum Gasteiger partial charge on any atom is -0.489 e. The molecule has 1 N–H and O–H groups in total. The second kappa shape index (κ2) is 7.07. The van der Waals surface area contributed by atoms with E-state index >= 15 is 0 Å². The van der Waals surface area contributed by atoms with E-state index in [0.717, 1.165) is 12.8 Å². The normalized spacial score (nSPS) is 12.5. The van der Waals surface area contributed by atoms with Gasteiger partial charge in [0.1, 0.15) is 5.82 Å². The number of carboxylic acid groups (broad SMARTS) is 1. The highest BCUT2D eigenvalue weighted by Gasteiger charge is 2.17. The summed E-state index contributed by atoms with van der Waals surface area (Å²) < 4.78 is 5.54. The molecule has 106 valence electrons. The number of aromatic nitrogens is 2. The molecule has 0 saturated heterocycles. The van der Waals surface area contributed by atoms with E-state index in [1.807, 2.05) is 13.8 Å². The van der Waals surface area contributed by atoms with Gasteiger partial charge in [0.05, 0.1) is 12.8 Å². The fourth-order valence-corrected chi connectivity index (χ4v) is 1.73. The molecule has 0 saturated carbocycles. The lowest BCUT2D eigenvalue weighted by Crippen LogP contribution is -2.14. The molecule has 1 aromatic heterocycles. The number of aromatic carboxylic acids is 1. The third-order valence-electron chi connectivity index (χ3n) is 2.80. The zero-order chi connectivity index (χ0) is 14.4. The van der Waals surface area contributed by atoms with Crippen LogP contribution in [0.1, 0.15) is 62.8 Å². The lowest BCUT2D eigenvalue weighted by Gasteiger charge is -2.14. The summed E-state index contributed by atoms with van der Waals surface area (Å²) in [6, 6.07) is 0. The van der Waals surface area contributed by atoms with Crippen LogP contribution in [0, 0.1) is 5.92 Å². The molecule has 1 heterocycles. The maximum Gasteiger partial charge on any atom is 0.358 e. The second-order valence-electron chi connectivity index (χ2n) is 5.11. The van der Waals surface area contributed by atoms with Crippen LogP contribution in [0.2, 0.25) is 0 Å². The highest BCUT2D eigenvalue weighted by Crippen LogP contribution is 2.19. The first-order chi connectivity index (χ1) is 8.95. The van der Waals surface area contributed by atoms with Crippen molar-refractivity contribution >= 4 is 5.97 Å². The predicted molar refractivity (Wildman–Crippen MR) is 72.6 cm³/mol. The minimum absolute atomic E-state index is 0.0533. The number of hydrogen-bond acceptors (Lipinski definition) is 4. The Labute approximate surface area is 114 Å². The zero-order valence-corrected chi connectivity index (χ0v) is 12.0. The van der Waals surface area contributed by atoms with Gasteiger partial charge >= 0.3 is 5.97 Å². The average molecular weight is 266 g/mol. The monoisotopic (exact) mass is 266 g/mol. The zero-order valence-electron chi connectivity index (χ0n) is 12.0. The Bertz CT molecular complexity index is 433. The maximum atomic E-state index is 11.2. The molecule has 0 bridgehead atoms. The summed E-state index contributed by atoms with van der Waals surface area (Å²) >= 11 is 0. The SMILES string of the molecule is CCCC(C)COc1cnc(C(C)C)nc1C(=O)O. The first kappa shape index (κ1) is 15.4. The molecule has 1 rings (SSSR count). The number of carboxylic acids is 1. The summed E-state index contributed by atoms with van der Waals surface area (Å²) in [7, 11) is 0. The molecule has 1 aromatic rings. The van der Waals surface area contributed by atoms with Gasteiger partial charge < -0.3 is 9.84 Å². The third kappa shape index (κ3) is 4.50. The van der Waals surface area contributed by atoms with E-state index in [-0.39, 0.29) is 17.4 Å². The van der Waals surface area contributed by atoms with Crippen molar-refractivity contribution in [3.63, 3.8) is 0 Å². The van der Waals surface area contributed by atoms with Gasteiger partial charge in [-0.15, -0.1) is 0 Å². The lowest BCUT2D eigenvalue weighted by molar-refractivity contribution is 0.0683. The van der Waals surface area contributed by atoms with E-state index < -0.39 is 5.97 Å². The van der Waals surface area contributed by atoms with E-state index in [9.17, 15) is 9.90 Å². The number of carbonyl (C=O) groups is 1. The summed E-state index contributed by atoms with van der Waals surface area (Å²) in [5.74, 6) is 0.163. The third-order valence-corrected chi connectivity index (χ3v) is 2.80. The van der Waals surface area contributed by atoms with Crippen molar-refractivity contribution in [3.8, 4) is 5.75 Å². The average Bonchev–Trinajstić information content (AvgIpc) is 2.36. The van der Waals surface area contributed by atoms with E-state index in [1.54, 1.807) is 0 Å². The fraction of sp³-hybridized carbons (Fsp3) is 0.643. The second-order valence-corrected chi connectivity index (χ2v) is 5.11. The number of nitrogens with zero attached hydrogens (tertiary/aromatic N) is 2. The van der Waals surface area contributed by atoms with Crippen LogP contribution in [-0.2, 0) is 0 Å². The van der Waals surface area contributed by atoms with Gasteiger partial charge in [0.15, 0.2) is 11.4 Å². The molecule has 0 radical (unpaired) electrons. The quantitative estimate of drug-likeness (QED) is 0.821. The molecule has 0 aliphatic carbocycles. The summed E-state index contributed by atoms with van der Waals surface area (Å²) in [5.41, 5.74) is -0.0533. The Balaban J connectivity index is 2.85. The van der Waals surface area contributed by atoms with Gasteiger partial charge in [-0.25, -0.2) is 14.8 Å². The number of ether oxygens (including phenoxy) is 1. The molecule has 0 fully saturated rings. The van der Waals surface area contributed by atoms with Gasteiger partial charge in [-0.05, 0) is 12.3 Å². The molecule has 1 atom stereocenters. The van der Waals surface area contributed by atoms with Crippen molar-refractivity contribution < 1.29 is 14.6 Å². The molecular weight excluding hydrogens is 244 g/mol. The Morgan fingerprint density at radius 1 is 1.42 bits per heavy atom. The fourth-order valence-electron chi connectivity index (χ4n) is 1.73. The standard InChI is InChI=1S/C14H22N2O3/c1-5-6-10(4)8-19-11-7-15-13(9(2)3)16-12(11)14(17)18/h7,9-10H,5-6,8H2,1-4H3,(H,17,18). The summed E-state index contributed by atoms with van der Waals surface area (Å²) in [4.78, 5) is 19.4. The van der Waals surface area contributed by atoms with Gasteiger partial charge in [0, 0.05) is 5.92 Å². The number of rotatable bonds is 7. The van der Waals surface area contributed by atoms with Crippen molar-refractivity contribution in [3.05, 3.63) is 17.7 Å². The Hall–Kier alpha value is -1.65. The predicted octanol–water partition coefficient (Wildman–Crippen LogP) is 3.11. The van der Waals surface area contributed by atoms with Crippen LogP contribution >= 0.6 is 0 Å². The first-order valence-electron chi connectivity index (χ1n) is 6.68. The summed E-state index contributed by atoms with van der Waals surface area (Å²) in [6.07, 6.45) is 3.59. The van der Waals surface area contributed by atoms with Crippen LogP contribution in [0.5, 0.6) is 5.75 Å². The van der Waals surface area contributed by atoms with E-state index in [4.69, 9.17) is 4.74 Å². The molecule has 19 heavy (non-hydrogen) atoms. The van der Waals surface area contributed by atoms with E-state index in [0.29, 0.717) is 18.3 Å². The minimum atomic E-state index is -1.08. The van der Waals surface area contributed by atoms with Crippen molar-refractivity contribution in [2.24, 2.45) is 5.92 Å². The molecule has 5 nitrogen and oxygen atoms in total. The van der Waals surface area contributed by atoms with Crippen LogP contribution in [0.15, 0.2) is 6.20 Å². The summed E-state index contributed by atoms with van der Waals surface area (Å²) in [6.45, 7) is 8.52. The highest BCUT2D eigenvalue weighted by atomic mass is 16.5. The maximum absolute atomic E-state index is 11.2. The van der Waals surface area contributed by atoms with Crippen molar-refractivity contribution in [2.75, 3.05) is 6.61 Å².